The van der Waals surface area contributed by atoms with E-state index in [2.05, 4.69) is 33.4 Å². The highest BCUT2D eigenvalue weighted by Crippen LogP contribution is 2.59. The Kier molecular flexibility index (Phi) is 2.25. The van der Waals surface area contributed by atoms with Gasteiger partial charge in [-0.05, 0) is 30.8 Å². The number of allylic oxidation sites excluding steroid dienone is 1. The van der Waals surface area contributed by atoms with E-state index in [0.29, 0.717) is 11.8 Å². The Morgan fingerprint density at radius 3 is 2.80 bits per heavy atom. The first kappa shape index (κ1) is 10.5. The summed E-state index contributed by atoms with van der Waals surface area (Å²) < 4.78 is 5.36. The predicted molar refractivity (Wildman–Crippen MR) is 59.2 cm³/mol. The van der Waals surface area contributed by atoms with Crippen LogP contribution in [0, 0.1) is 17.3 Å². The van der Waals surface area contributed by atoms with Crippen LogP contribution in [0.4, 0.5) is 0 Å². The highest BCUT2D eigenvalue weighted by molar-refractivity contribution is 5.81. The molecule has 2 heteroatoms. The number of rotatable bonds is 2. The topological polar surface area (TPSA) is 26.3 Å². The molecule has 3 rings (SSSR count). The number of hydrogen-bond acceptors (Lipinski definition) is 2. The Balaban J connectivity index is 2.17. The van der Waals surface area contributed by atoms with Gasteiger partial charge in [-0.25, -0.2) is 4.79 Å². The summed E-state index contributed by atoms with van der Waals surface area (Å²) in [5, 5.41) is 0. The maximum atomic E-state index is 11.2. The lowest BCUT2D eigenvalue weighted by Gasteiger charge is -2.58. The van der Waals surface area contributed by atoms with Gasteiger partial charge in [0.2, 0.25) is 0 Å². The van der Waals surface area contributed by atoms with Crippen molar-refractivity contribution >= 4 is 5.97 Å². The van der Waals surface area contributed by atoms with Gasteiger partial charge in [-0.3, -0.25) is 0 Å². The van der Waals surface area contributed by atoms with Crippen molar-refractivity contribution in [2.24, 2.45) is 17.3 Å². The van der Waals surface area contributed by atoms with E-state index in [1.165, 1.54) is 11.6 Å². The number of ether oxygens (including phenoxy) is 1. The largest absolute Gasteiger partial charge is 0.455 e. The van der Waals surface area contributed by atoms with E-state index >= 15 is 0 Å². The molecule has 0 N–H and O–H groups in total. The van der Waals surface area contributed by atoms with Crippen LogP contribution in [0.3, 0.4) is 0 Å². The monoisotopic (exact) mass is 206 g/mol. The van der Waals surface area contributed by atoms with E-state index in [9.17, 15) is 4.79 Å². The number of carbonyl (C=O) groups is 1. The first-order chi connectivity index (χ1) is 6.96. The van der Waals surface area contributed by atoms with Crippen LogP contribution in [-0.2, 0) is 9.53 Å². The van der Waals surface area contributed by atoms with Gasteiger partial charge in [-0.2, -0.15) is 0 Å². The van der Waals surface area contributed by atoms with Crippen molar-refractivity contribution in [2.45, 2.75) is 33.3 Å². The quantitative estimate of drug-likeness (QED) is 0.394. The average molecular weight is 206 g/mol. The Labute approximate surface area is 91.0 Å². The molecule has 0 amide bonds. The lowest BCUT2D eigenvalue weighted by atomic mass is 9.48. The standard InChI is InChI=1S/C13H18O2/c1-5-12(14)15-11-6-8(2)9-7-10(11)13(9,3)4/h5-6,9-11H,1,7H2,2-4H3. The van der Waals surface area contributed by atoms with Crippen LogP contribution in [0.5, 0.6) is 0 Å². The van der Waals surface area contributed by atoms with Gasteiger partial charge in [-0.15, -0.1) is 0 Å². The Bertz CT molecular complexity index is 338. The summed E-state index contributed by atoms with van der Waals surface area (Å²) in [6.45, 7) is 10.1. The maximum Gasteiger partial charge on any atom is 0.330 e. The van der Waals surface area contributed by atoms with Gasteiger partial charge in [0.25, 0.3) is 0 Å². The third-order valence-corrected chi connectivity index (χ3v) is 4.14. The lowest BCUT2D eigenvalue weighted by molar-refractivity contribution is -0.155. The minimum Gasteiger partial charge on any atom is -0.455 e. The lowest BCUT2D eigenvalue weighted by Crippen LogP contribution is -2.54. The Morgan fingerprint density at radius 1 is 1.67 bits per heavy atom. The highest BCUT2D eigenvalue weighted by Gasteiger charge is 2.55. The van der Waals surface area contributed by atoms with Gasteiger partial charge in [0.15, 0.2) is 0 Å². The summed E-state index contributed by atoms with van der Waals surface area (Å²) in [5.74, 6) is 0.849. The summed E-state index contributed by atoms with van der Waals surface area (Å²) in [5.41, 5.74) is 1.65. The smallest absolute Gasteiger partial charge is 0.330 e. The van der Waals surface area contributed by atoms with Crippen molar-refractivity contribution in [1.82, 2.24) is 0 Å². The summed E-state index contributed by atoms with van der Waals surface area (Å²) in [6.07, 6.45) is 4.45. The molecule has 0 saturated heterocycles. The van der Waals surface area contributed by atoms with Crippen molar-refractivity contribution < 1.29 is 9.53 Å². The molecule has 0 aromatic rings. The molecule has 0 aromatic carbocycles. The van der Waals surface area contributed by atoms with E-state index in [0.717, 1.165) is 6.42 Å². The Hall–Kier alpha value is -1.05. The second-order valence-electron chi connectivity index (χ2n) is 5.23. The number of hydrogen-bond donors (Lipinski definition) is 0. The number of esters is 1. The SMILES string of the molecule is C=CC(=O)OC1C=C(C)C2CC1C2(C)C. The molecule has 0 spiro atoms. The number of carbonyl (C=O) groups excluding carboxylic acids is 1. The summed E-state index contributed by atoms with van der Waals surface area (Å²) in [6, 6.07) is 0. The van der Waals surface area contributed by atoms with E-state index in [1.807, 2.05) is 0 Å². The molecule has 1 saturated carbocycles. The van der Waals surface area contributed by atoms with E-state index in [1.54, 1.807) is 0 Å². The van der Waals surface area contributed by atoms with Gasteiger partial charge in [0.05, 0.1) is 0 Å². The molecule has 3 aliphatic carbocycles. The fourth-order valence-corrected chi connectivity index (χ4v) is 3.08. The zero-order chi connectivity index (χ0) is 11.2. The molecule has 1 fully saturated rings. The van der Waals surface area contributed by atoms with Crippen LogP contribution in [0.15, 0.2) is 24.3 Å². The minimum absolute atomic E-state index is 0.0458. The molecule has 15 heavy (non-hydrogen) atoms. The van der Waals surface area contributed by atoms with Crippen LogP contribution in [0.25, 0.3) is 0 Å². The fourth-order valence-electron chi connectivity index (χ4n) is 3.08. The summed E-state index contributed by atoms with van der Waals surface area (Å²) >= 11 is 0. The van der Waals surface area contributed by atoms with E-state index < -0.39 is 0 Å². The van der Waals surface area contributed by atoms with Crippen molar-refractivity contribution in [2.75, 3.05) is 0 Å². The van der Waals surface area contributed by atoms with Crippen molar-refractivity contribution in [3.05, 3.63) is 24.3 Å². The zero-order valence-electron chi connectivity index (χ0n) is 9.62. The van der Waals surface area contributed by atoms with Crippen LogP contribution in [0.2, 0.25) is 0 Å². The van der Waals surface area contributed by atoms with Gasteiger partial charge < -0.3 is 4.74 Å². The van der Waals surface area contributed by atoms with Crippen LogP contribution in [0.1, 0.15) is 27.2 Å². The number of fused-ring (bicyclic) bond motifs is 1. The molecule has 3 atom stereocenters. The minimum atomic E-state index is -0.315. The van der Waals surface area contributed by atoms with Crippen LogP contribution < -0.4 is 0 Å². The van der Waals surface area contributed by atoms with Gasteiger partial charge in [0.1, 0.15) is 6.10 Å². The van der Waals surface area contributed by atoms with Crippen molar-refractivity contribution in [3.8, 4) is 0 Å². The molecule has 3 unspecified atom stereocenters. The summed E-state index contributed by atoms with van der Waals surface area (Å²) in [7, 11) is 0. The van der Waals surface area contributed by atoms with E-state index in [4.69, 9.17) is 4.74 Å². The molecule has 2 bridgehead atoms. The fraction of sp³-hybridized carbons (Fsp3) is 0.615. The predicted octanol–water partition coefficient (Wildman–Crippen LogP) is 2.71. The third kappa shape index (κ3) is 1.43. The molecular formula is C13H18O2. The molecule has 3 aliphatic rings. The molecule has 0 aliphatic heterocycles. The zero-order valence-corrected chi connectivity index (χ0v) is 9.62. The second-order valence-corrected chi connectivity index (χ2v) is 5.23. The van der Waals surface area contributed by atoms with Crippen molar-refractivity contribution in [1.29, 1.82) is 0 Å². The highest BCUT2D eigenvalue weighted by atomic mass is 16.5. The van der Waals surface area contributed by atoms with Crippen LogP contribution in [-0.4, -0.2) is 12.1 Å². The first-order valence-corrected chi connectivity index (χ1v) is 5.48. The van der Waals surface area contributed by atoms with Gasteiger partial charge in [-0.1, -0.05) is 26.0 Å². The molecule has 0 aromatic heterocycles. The first-order valence-electron chi connectivity index (χ1n) is 5.48. The van der Waals surface area contributed by atoms with Gasteiger partial charge >= 0.3 is 5.97 Å². The van der Waals surface area contributed by atoms with Gasteiger partial charge in [0, 0.05) is 12.0 Å². The van der Waals surface area contributed by atoms with Crippen molar-refractivity contribution in [3.63, 3.8) is 0 Å². The van der Waals surface area contributed by atoms with E-state index in [-0.39, 0.29) is 17.5 Å². The summed E-state index contributed by atoms with van der Waals surface area (Å²) in [4.78, 5) is 11.2. The average Bonchev–Trinajstić information content (AvgIpc) is 2.15. The van der Waals surface area contributed by atoms with Crippen LogP contribution >= 0.6 is 0 Å². The maximum absolute atomic E-state index is 11.2. The molecule has 0 radical (unpaired) electrons. The Morgan fingerprint density at radius 2 is 2.33 bits per heavy atom. The third-order valence-electron chi connectivity index (χ3n) is 4.14. The second kappa shape index (κ2) is 3.22. The molecular weight excluding hydrogens is 188 g/mol. The molecule has 2 nitrogen and oxygen atoms in total. The molecule has 0 heterocycles. The normalized spacial score (nSPS) is 36.2. The molecule has 82 valence electrons.